The molecule has 0 spiro atoms. The van der Waals surface area contributed by atoms with Crippen molar-refractivity contribution in [3.8, 4) is 34.3 Å². The smallest absolute Gasteiger partial charge is 0.247 e. The van der Waals surface area contributed by atoms with Crippen molar-refractivity contribution in [3.63, 3.8) is 0 Å². The number of rotatable bonds is 4. The molecule has 2 aromatic heterocycles. The molecule has 2 aromatic carbocycles. The van der Waals surface area contributed by atoms with E-state index in [1.54, 1.807) is 0 Å². The second kappa shape index (κ2) is 6.24. The van der Waals surface area contributed by atoms with Gasteiger partial charge in [-0.15, -0.1) is 10.2 Å². The molecule has 1 aliphatic heterocycles. The first-order valence-electron chi connectivity index (χ1n) is 8.37. The summed E-state index contributed by atoms with van der Waals surface area (Å²) in [5, 5.41) is 12.2. The molecule has 0 saturated heterocycles. The molecule has 8 nitrogen and oxygen atoms in total. The van der Waals surface area contributed by atoms with Gasteiger partial charge >= 0.3 is 0 Å². The maximum absolute atomic E-state index is 5.72. The van der Waals surface area contributed by atoms with E-state index in [1.165, 1.54) is 0 Å². The number of nitrogens with zero attached hydrogens (tertiary/aromatic N) is 4. The zero-order valence-corrected chi connectivity index (χ0v) is 14.4. The van der Waals surface area contributed by atoms with Gasteiger partial charge in [0, 0.05) is 11.1 Å². The molecule has 4 aromatic rings. The van der Waals surface area contributed by atoms with Crippen LogP contribution in [-0.4, -0.2) is 27.1 Å². The van der Waals surface area contributed by atoms with Gasteiger partial charge in [0.25, 0.3) is 0 Å². The van der Waals surface area contributed by atoms with Crippen molar-refractivity contribution < 1.29 is 18.4 Å². The van der Waals surface area contributed by atoms with Crippen molar-refractivity contribution in [3.05, 3.63) is 59.8 Å². The molecular weight excluding hydrogens is 348 g/mol. The Labute approximate surface area is 153 Å². The third-order valence-electron chi connectivity index (χ3n) is 4.13. The number of ether oxygens (including phenoxy) is 2. The summed E-state index contributed by atoms with van der Waals surface area (Å²) in [5.41, 5.74) is 2.78. The van der Waals surface area contributed by atoms with Crippen molar-refractivity contribution >= 4 is 0 Å². The fraction of sp³-hybridized carbons (Fsp3) is 0.158. The van der Waals surface area contributed by atoms with Crippen LogP contribution in [0.25, 0.3) is 22.8 Å². The summed E-state index contributed by atoms with van der Waals surface area (Å²) in [5.74, 6) is 3.09. The van der Waals surface area contributed by atoms with E-state index in [-0.39, 0.29) is 13.2 Å². The zero-order valence-electron chi connectivity index (χ0n) is 14.4. The van der Waals surface area contributed by atoms with Crippen molar-refractivity contribution in [1.29, 1.82) is 0 Å². The van der Waals surface area contributed by atoms with E-state index in [0.717, 1.165) is 16.7 Å². The van der Waals surface area contributed by atoms with Crippen molar-refractivity contribution in [2.45, 2.75) is 13.3 Å². The third kappa shape index (κ3) is 3.01. The van der Waals surface area contributed by atoms with Gasteiger partial charge in [-0.25, -0.2) is 0 Å². The van der Waals surface area contributed by atoms with Gasteiger partial charge in [0.2, 0.25) is 30.3 Å². The topological polar surface area (TPSA) is 96.3 Å². The molecule has 0 unspecified atom stereocenters. The SMILES string of the molecule is Cc1cccc(-c2nnc(Cc3nc(-c4ccc5c(c4)OCO5)no3)o2)c1. The van der Waals surface area contributed by atoms with Gasteiger partial charge in [0.15, 0.2) is 11.5 Å². The Bertz CT molecular complexity index is 1120. The first-order valence-corrected chi connectivity index (χ1v) is 8.37. The number of fused-ring (bicyclic) bond motifs is 1. The predicted molar refractivity (Wildman–Crippen MR) is 93.1 cm³/mol. The van der Waals surface area contributed by atoms with Gasteiger partial charge in [0.05, 0.1) is 0 Å². The molecule has 0 N–H and O–H groups in total. The van der Waals surface area contributed by atoms with E-state index >= 15 is 0 Å². The highest BCUT2D eigenvalue weighted by molar-refractivity contribution is 5.61. The number of benzene rings is 2. The van der Waals surface area contributed by atoms with Crippen LogP contribution in [0.1, 0.15) is 17.3 Å². The average molecular weight is 362 g/mol. The quantitative estimate of drug-likeness (QED) is 0.545. The zero-order chi connectivity index (χ0) is 18.2. The lowest BCUT2D eigenvalue weighted by Crippen LogP contribution is -1.92. The highest BCUT2D eigenvalue weighted by Gasteiger charge is 2.18. The molecule has 0 amide bonds. The van der Waals surface area contributed by atoms with Gasteiger partial charge in [-0.05, 0) is 37.3 Å². The fourth-order valence-corrected chi connectivity index (χ4v) is 2.83. The first kappa shape index (κ1) is 15.6. The van der Waals surface area contributed by atoms with Gasteiger partial charge in [-0.1, -0.05) is 22.9 Å². The van der Waals surface area contributed by atoms with Gasteiger partial charge in [-0.3, -0.25) is 0 Å². The van der Waals surface area contributed by atoms with Crippen LogP contribution in [0, 0.1) is 6.92 Å². The summed E-state index contributed by atoms with van der Waals surface area (Å²) in [4.78, 5) is 4.40. The Kier molecular flexibility index (Phi) is 3.60. The molecule has 0 atom stereocenters. The van der Waals surface area contributed by atoms with Crippen molar-refractivity contribution in [2.75, 3.05) is 6.79 Å². The number of aromatic nitrogens is 4. The van der Waals surface area contributed by atoms with E-state index in [2.05, 4.69) is 20.3 Å². The molecule has 0 saturated carbocycles. The highest BCUT2D eigenvalue weighted by atomic mass is 16.7. The van der Waals surface area contributed by atoms with Crippen LogP contribution in [-0.2, 0) is 6.42 Å². The average Bonchev–Trinajstić information content (AvgIpc) is 3.42. The van der Waals surface area contributed by atoms with Gasteiger partial charge in [-0.2, -0.15) is 4.98 Å². The summed E-state index contributed by atoms with van der Waals surface area (Å²) in [6.45, 7) is 2.23. The molecule has 27 heavy (non-hydrogen) atoms. The molecule has 1 aliphatic rings. The predicted octanol–water partition coefficient (Wildman–Crippen LogP) is 3.41. The lowest BCUT2D eigenvalue weighted by Gasteiger charge is -1.97. The first-order chi connectivity index (χ1) is 13.2. The normalized spacial score (nSPS) is 12.5. The summed E-state index contributed by atoms with van der Waals surface area (Å²) in [6, 6.07) is 13.4. The second-order valence-electron chi connectivity index (χ2n) is 6.13. The van der Waals surface area contributed by atoms with E-state index in [1.807, 2.05) is 49.4 Å². The van der Waals surface area contributed by atoms with Crippen molar-refractivity contribution in [2.24, 2.45) is 0 Å². The molecule has 5 rings (SSSR count). The lowest BCUT2D eigenvalue weighted by atomic mass is 10.1. The minimum atomic E-state index is 0.219. The third-order valence-corrected chi connectivity index (χ3v) is 4.13. The fourth-order valence-electron chi connectivity index (χ4n) is 2.83. The van der Waals surface area contributed by atoms with E-state index in [4.69, 9.17) is 18.4 Å². The van der Waals surface area contributed by atoms with Crippen LogP contribution in [0.3, 0.4) is 0 Å². The van der Waals surface area contributed by atoms with Crippen LogP contribution in [0.15, 0.2) is 51.4 Å². The Morgan fingerprint density at radius 1 is 0.926 bits per heavy atom. The van der Waals surface area contributed by atoms with Gasteiger partial charge in [0.1, 0.15) is 6.42 Å². The Hall–Kier alpha value is -3.68. The van der Waals surface area contributed by atoms with E-state index in [0.29, 0.717) is 35.0 Å². The molecule has 0 fully saturated rings. The Morgan fingerprint density at radius 2 is 1.85 bits per heavy atom. The molecule has 134 valence electrons. The summed E-state index contributed by atoms with van der Waals surface area (Å²) >= 11 is 0. The second-order valence-corrected chi connectivity index (χ2v) is 6.13. The number of hydrogen-bond donors (Lipinski definition) is 0. The lowest BCUT2D eigenvalue weighted by molar-refractivity contribution is 0.174. The van der Waals surface area contributed by atoms with Crippen LogP contribution >= 0.6 is 0 Å². The molecule has 0 aliphatic carbocycles. The van der Waals surface area contributed by atoms with Crippen LogP contribution in [0.4, 0.5) is 0 Å². The highest BCUT2D eigenvalue weighted by Crippen LogP contribution is 2.35. The maximum atomic E-state index is 5.72. The van der Waals surface area contributed by atoms with Crippen LogP contribution in [0.2, 0.25) is 0 Å². The Balaban J connectivity index is 1.35. The maximum Gasteiger partial charge on any atom is 0.247 e. The molecular formula is C19H14N4O4. The Morgan fingerprint density at radius 3 is 2.78 bits per heavy atom. The minimum absolute atomic E-state index is 0.219. The van der Waals surface area contributed by atoms with E-state index in [9.17, 15) is 0 Å². The van der Waals surface area contributed by atoms with Crippen LogP contribution in [0.5, 0.6) is 11.5 Å². The molecule has 3 heterocycles. The van der Waals surface area contributed by atoms with E-state index < -0.39 is 0 Å². The summed E-state index contributed by atoms with van der Waals surface area (Å²) in [6.07, 6.45) is 0.260. The summed E-state index contributed by atoms with van der Waals surface area (Å²) < 4.78 is 21.7. The summed E-state index contributed by atoms with van der Waals surface area (Å²) in [7, 11) is 0. The van der Waals surface area contributed by atoms with Crippen LogP contribution < -0.4 is 9.47 Å². The largest absolute Gasteiger partial charge is 0.454 e. The molecule has 0 bridgehead atoms. The monoisotopic (exact) mass is 362 g/mol. The van der Waals surface area contributed by atoms with Crippen molar-refractivity contribution in [1.82, 2.24) is 20.3 Å². The molecule has 0 radical (unpaired) electrons. The molecule has 8 heteroatoms. The van der Waals surface area contributed by atoms with Gasteiger partial charge < -0.3 is 18.4 Å². The minimum Gasteiger partial charge on any atom is -0.454 e. The number of hydrogen-bond acceptors (Lipinski definition) is 8. The standard InChI is InChI=1S/C19H14N4O4/c1-11-3-2-4-13(7-11)19-22-21-17(26-19)9-16-20-18(23-27-16)12-5-6-14-15(8-12)25-10-24-14/h2-8H,9-10H2,1H3. The number of aryl methyl sites for hydroxylation is 1.